The topological polar surface area (TPSA) is 38.7 Å². The standard InChI is InChI=1S/C53H33N3/c1-2-11-34(12-3-1)37-23-24-39-32-42(26-25-38(39)31-37)52-54-51(41-17-8-16-40(33-41)45-20-9-15-35-13-4-6-18-43(35)45)55-53(56-52)50-22-10-21-46-48-28-27-36-14-5-7-19-44(36)47(48)29-30-49(46)50/h1-33H. The fraction of sp³-hybridized carbons (Fsp3) is 0. The Labute approximate surface area is 324 Å². The summed E-state index contributed by atoms with van der Waals surface area (Å²) in [6.45, 7) is 0. The van der Waals surface area contributed by atoms with Crippen LogP contribution in [0.15, 0.2) is 200 Å². The Balaban J connectivity index is 1.10. The van der Waals surface area contributed by atoms with Crippen molar-refractivity contribution in [2.24, 2.45) is 0 Å². The van der Waals surface area contributed by atoms with Gasteiger partial charge >= 0.3 is 0 Å². The molecule has 3 nitrogen and oxygen atoms in total. The van der Waals surface area contributed by atoms with Gasteiger partial charge in [-0.05, 0) is 94.3 Å². The first-order valence-corrected chi connectivity index (χ1v) is 19.0. The van der Waals surface area contributed by atoms with E-state index in [4.69, 9.17) is 15.0 Å². The Kier molecular flexibility index (Phi) is 7.49. The zero-order valence-corrected chi connectivity index (χ0v) is 30.4. The molecule has 1 heterocycles. The Morgan fingerprint density at radius 1 is 0.214 bits per heavy atom. The zero-order chi connectivity index (χ0) is 37.0. The van der Waals surface area contributed by atoms with Crippen LogP contribution < -0.4 is 0 Å². The van der Waals surface area contributed by atoms with E-state index in [1.54, 1.807) is 0 Å². The van der Waals surface area contributed by atoms with Crippen LogP contribution in [-0.2, 0) is 0 Å². The van der Waals surface area contributed by atoms with Crippen molar-refractivity contribution in [3.05, 3.63) is 200 Å². The highest BCUT2D eigenvalue weighted by atomic mass is 15.0. The number of hydrogen-bond acceptors (Lipinski definition) is 3. The molecule has 0 aliphatic rings. The van der Waals surface area contributed by atoms with Crippen LogP contribution in [0.1, 0.15) is 0 Å². The number of hydrogen-bond donors (Lipinski definition) is 0. The maximum absolute atomic E-state index is 5.26. The first kappa shape index (κ1) is 32.0. The van der Waals surface area contributed by atoms with Crippen molar-refractivity contribution in [2.45, 2.75) is 0 Å². The van der Waals surface area contributed by atoms with Gasteiger partial charge in [-0.15, -0.1) is 0 Å². The van der Waals surface area contributed by atoms with E-state index in [-0.39, 0.29) is 0 Å². The van der Waals surface area contributed by atoms with Crippen LogP contribution in [0.2, 0.25) is 0 Å². The van der Waals surface area contributed by atoms with Crippen LogP contribution in [0.3, 0.4) is 0 Å². The molecular formula is C53H33N3. The van der Waals surface area contributed by atoms with E-state index in [9.17, 15) is 0 Å². The maximum Gasteiger partial charge on any atom is 0.164 e. The minimum absolute atomic E-state index is 0.635. The smallest absolute Gasteiger partial charge is 0.164 e. The maximum atomic E-state index is 5.26. The van der Waals surface area contributed by atoms with E-state index in [0.717, 1.165) is 33.0 Å². The lowest BCUT2D eigenvalue weighted by Crippen LogP contribution is -2.01. The van der Waals surface area contributed by atoms with Crippen molar-refractivity contribution in [2.75, 3.05) is 0 Å². The molecule has 0 N–H and O–H groups in total. The van der Waals surface area contributed by atoms with E-state index in [2.05, 4.69) is 200 Å². The average Bonchev–Trinajstić information content (AvgIpc) is 3.28. The van der Waals surface area contributed by atoms with Gasteiger partial charge in [-0.3, -0.25) is 0 Å². The Morgan fingerprint density at radius 3 is 1.54 bits per heavy atom. The van der Waals surface area contributed by atoms with Gasteiger partial charge in [-0.1, -0.05) is 182 Å². The summed E-state index contributed by atoms with van der Waals surface area (Å²) in [5.41, 5.74) is 7.54. The Morgan fingerprint density at radius 2 is 0.696 bits per heavy atom. The van der Waals surface area contributed by atoms with Gasteiger partial charge in [0.2, 0.25) is 0 Å². The number of fused-ring (bicyclic) bond motifs is 7. The summed E-state index contributed by atoms with van der Waals surface area (Å²) in [7, 11) is 0. The van der Waals surface area contributed by atoms with Gasteiger partial charge in [0.25, 0.3) is 0 Å². The normalized spacial score (nSPS) is 11.6. The summed E-state index contributed by atoms with van der Waals surface area (Å²) >= 11 is 0. The molecule has 3 heteroatoms. The number of benzene rings is 10. The van der Waals surface area contributed by atoms with Gasteiger partial charge in [0.05, 0.1) is 0 Å². The molecule has 0 radical (unpaired) electrons. The highest BCUT2D eigenvalue weighted by molar-refractivity contribution is 6.19. The molecule has 10 aromatic carbocycles. The molecule has 0 aliphatic heterocycles. The molecule has 0 saturated heterocycles. The number of nitrogens with zero attached hydrogens (tertiary/aromatic N) is 3. The fourth-order valence-corrected chi connectivity index (χ4v) is 8.30. The van der Waals surface area contributed by atoms with Crippen LogP contribution in [-0.4, -0.2) is 15.0 Å². The van der Waals surface area contributed by atoms with Gasteiger partial charge < -0.3 is 0 Å². The number of aromatic nitrogens is 3. The Hall–Kier alpha value is -7.49. The lowest BCUT2D eigenvalue weighted by molar-refractivity contribution is 1.08. The molecule has 11 rings (SSSR count). The molecule has 0 fully saturated rings. The molecule has 0 bridgehead atoms. The molecule has 0 aliphatic carbocycles. The third-order valence-electron chi connectivity index (χ3n) is 11.1. The van der Waals surface area contributed by atoms with E-state index in [1.165, 1.54) is 59.8 Å². The van der Waals surface area contributed by atoms with Crippen molar-refractivity contribution >= 4 is 53.9 Å². The first-order valence-electron chi connectivity index (χ1n) is 19.0. The molecule has 56 heavy (non-hydrogen) atoms. The third kappa shape index (κ3) is 5.49. The van der Waals surface area contributed by atoms with E-state index >= 15 is 0 Å². The molecular weight excluding hydrogens is 679 g/mol. The third-order valence-corrected chi connectivity index (χ3v) is 11.1. The number of rotatable bonds is 5. The second-order valence-corrected chi connectivity index (χ2v) is 14.4. The Bertz CT molecular complexity index is 3310. The van der Waals surface area contributed by atoms with Gasteiger partial charge in [0, 0.05) is 16.7 Å². The van der Waals surface area contributed by atoms with Crippen LogP contribution in [0.5, 0.6) is 0 Å². The van der Waals surface area contributed by atoms with Gasteiger partial charge in [0.15, 0.2) is 17.5 Å². The summed E-state index contributed by atoms with van der Waals surface area (Å²) < 4.78 is 0. The largest absolute Gasteiger partial charge is 0.208 e. The van der Waals surface area contributed by atoms with Crippen LogP contribution in [0.4, 0.5) is 0 Å². The summed E-state index contributed by atoms with van der Waals surface area (Å²) in [5.74, 6) is 1.92. The molecule has 0 unspecified atom stereocenters. The van der Waals surface area contributed by atoms with E-state index in [0.29, 0.717) is 17.5 Å². The molecule has 260 valence electrons. The zero-order valence-electron chi connectivity index (χ0n) is 30.4. The second-order valence-electron chi connectivity index (χ2n) is 14.4. The highest BCUT2D eigenvalue weighted by Crippen LogP contribution is 2.37. The molecule has 1 aromatic heterocycles. The summed E-state index contributed by atoms with van der Waals surface area (Å²) in [5, 5.41) is 11.9. The molecule has 0 atom stereocenters. The van der Waals surface area contributed by atoms with Gasteiger partial charge in [-0.2, -0.15) is 0 Å². The van der Waals surface area contributed by atoms with Crippen molar-refractivity contribution < 1.29 is 0 Å². The quantitative estimate of drug-likeness (QED) is 0.167. The molecule has 0 spiro atoms. The first-order chi connectivity index (χ1) is 27.7. The van der Waals surface area contributed by atoms with Crippen LogP contribution >= 0.6 is 0 Å². The predicted molar refractivity (Wildman–Crippen MR) is 235 cm³/mol. The van der Waals surface area contributed by atoms with Crippen molar-refractivity contribution in [3.8, 4) is 56.4 Å². The molecule has 11 aromatic rings. The fourth-order valence-electron chi connectivity index (χ4n) is 8.30. The van der Waals surface area contributed by atoms with Crippen LogP contribution in [0, 0.1) is 0 Å². The summed E-state index contributed by atoms with van der Waals surface area (Å²) in [4.78, 5) is 15.7. The van der Waals surface area contributed by atoms with E-state index < -0.39 is 0 Å². The highest BCUT2D eigenvalue weighted by Gasteiger charge is 2.17. The van der Waals surface area contributed by atoms with Crippen molar-refractivity contribution in [3.63, 3.8) is 0 Å². The van der Waals surface area contributed by atoms with Crippen molar-refractivity contribution in [1.82, 2.24) is 15.0 Å². The average molecular weight is 712 g/mol. The van der Waals surface area contributed by atoms with E-state index in [1.807, 2.05) is 0 Å². The van der Waals surface area contributed by atoms with Gasteiger partial charge in [0.1, 0.15) is 0 Å². The second kappa shape index (κ2) is 13.1. The van der Waals surface area contributed by atoms with Crippen molar-refractivity contribution in [1.29, 1.82) is 0 Å². The monoisotopic (exact) mass is 711 g/mol. The lowest BCUT2D eigenvalue weighted by Gasteiger charge is -2.13. The van der Waals surface area contributed by atoms with Crippen LogP contribution in [0.25, 0.3) is 110 Å². The summed E-state index contributed by atoms with van der Waals surface area (Å²) in [6, 6.07) is 71.2. The SMILES string of the molecule is c1ccc(-c2ccc3cc(-c4nc(-c5cccc(-c6cccc7ccccc67)c5)nc(-c5cccc6c5ccc5c7ccccc7ccc65)n4)ccc3c2)cc1. The summed E-state index contributed by atoms with van der Waals surface area (Å²) in [6.07, 6.45) is 0. The predicted octanol–water partition coefficient (Wildman–Crippen LogP) is 14.0. The van der Waals surface area contributed by atoms with Gasteiger partial charge in [-0.25, -0.2) is 15.0 Å². The lowest BCUT2D eigenvalue weighted by atomic mass is 9.95. The minimum Gasteiger partial charge on any atom is -0.208 e. The molecule has 0 saturated carbocycles. The minimum atomic E-state index is 0.635. The molecule has 0 amide bonds.